The maximum atomic E-state index is 12.8. The molecular formula is C16H19FN2O4. The van der Waals surface area contributed by atoms with Crippen LogP contribution in [-0.2, 0) is 19.1 Å². The van der Waals surface area contributed by atoms with Crippen LogP contribution in [0.1, 0.15) is 13.8 Å². The van der Waals surface area contributed by atoms with Crippen LogP contribution in [0.4, 0.5) is 10.1 Å². The van der Waals surface area contributed by atoms with Crippen LogP contribution in [0.3, 0.4) is 0 Å². The van der Waals surface area contributed by atoms with Gasteiger partial charge in [-0.25, -0.2) is 9.18 Å². The minimum Gasteiger partial charge on any atom is -0.452 e. The average Bonchev–Trinajstić information content (AvgIpc) is 2.46. The second-order valence-corrected chi connectivity index (χ2v) is 5.13. The zero-order valence-electron chi connectivity index (χ0n) is 13.3. The molecule has 1 rings (SSSR count). The zero-order chi connectivity index (χ0) is 17.4. The van der Waals surface area contributed by atoms with E-state index in [0.29, 0.717) is 5.69 Å². The van der Waals surface area contributed by atoms with Crippen molar-refractivity contribution in [3.05, 3.63) is 41.7 Å². The smallest absolute Gasteiger partial charge is 0.331 e. The van der Waals surface area contributed by atoms with E-state index < -0.39 is 30.2 Å². The van der Waals surface area contributed by atoms with Gasteiger partial charge >= 0.3 is 5.97 Å². The van der Waals surface area contributed by atoms with Gasteiger partial charge in [-0.05, 0) is 38.1 Å². The van der Waals surface area contributed by atoms with Gasteiger partial charge in [-0.1, -0.05) is 5.57 Å². The normalized spacial score (nSPS) is 9.74. The third-order valence-corrected chi connectivity index (χ3v) is 2.68. The molecule has 0 aromatic heterocycles. The van der Waals surface area contributed by atoms with Crippen molar-refractivity contribution < 1.29 is 23.5 Å². The third-order valence-electron chi connectivity index (χ3n) is 2.68. The first-order valence-electron chi connectivity index (χ1n) is 6.89. The number of amides is 2. The fourth-order valence-corrected chi connectivity index (χ4v) is 1.56. The van der Waals surface area contributed by atoms with Gasteiger partial charge < -0.3 is 15.0 Å². The van der Waals surface area contributed by atoms with Crippen molar-refractivity contribution in [3.63, 3.8) is 0 Å². The number of ether oxygens (including phenoxy) is 1. The van der Waals surface area contributed by atoms with E-state index in [9.17, 15) is 18.8 Å². The summed E-state index contributed by atoms with van der Waals surface area (Å²) in [6.45, 7) is 2.81. The van der Waals surface area contributed by atoms with Crippen molar-refractivity contribution in [1.29, 1.82) is 0 Å². The molecule has 2 amide bonds. The van der Waals surface area contributed by atoms with E-state index in [0.717, 1.165) is 10.5 Å². The Labute approximate surface area is 133 Å². The molecule has 1 aromatic rings. The number of nitrogens with zero attached hydrogens (tertiary/aromatic N) is 1. The van der Waals surface area contributed by atoms with Crippen molar-refractivity contribution in [1.82, 2.24) is 4.90 Å². The van der Waals surface area contributed by atoms with Crippen LogP contribution in [0, 0.1) is 5.82 Å². The Morgan fingerprint density at radius 3 is 2.39 bits per heavy atom. The number of anilines is 1. The van der Waals surface area contributed by atoms with Crippen LogP contribution in [0.25, 0.3) is 0 Å². The number of rotatable bonds is 6. The lowest BCUT2D eigenvalue weighted by atomic mass is 10.3. The number of hydrogen-bond acceptors (Lipinski definition) is 4. The molecule has 0 fully saturated rings. The topological polar surface area (TPSA) is 75.7 Å². The summed E-state index contributed by atoms with van der Waals surface area (Å²) in [6, 6.07) is 5.26. The molecule has 23 heavy (non-hydrogen) atoms. The number of allylic oxidation sites excluding steroid dienone is 1. The average molecular weight is 322 g/mol. The first-order valence-corrected chi connectivity index (χ1v) is 6.89. The van der Waals surface area contributed by atoms with Gasteiger partial charge in [0.2, 0.25) is 5.91 Å². The summed E-state index contributed by atoms with van der Waals surface area (Å²) >= 11 is 0. The summed E-state index contributed by atoms with van der Waals surface area (Å²) in [5, 5.41) is 2.53. The van der Waals surface area contributed by atoms with Gasteiger partial charge in [-0.2, -0.15) is 0 Å². The largest absolute Gasteiger partial charge is 0.452 e. The molecule has 0 saturated heterocycles. The number of hydrogen-bond donors (Lipinski definition) is 1. The van der Waals surface area contributed by atoms with Crippen molar-refractivity contribution in [2.24, 2.45) is 0 Å². The summed E-state index contributed by atoms with van der Waals surface area (Å²) in [5.74, 6) is -1.96. The highest BCUT2D eigenvalue weighted by atomic mass is 19.1. The fraction of sp³-hybridized carbons (Fsp3) is 0.312. The van der Waals surface area contributed by atoms with Crippen LogP contribution in [0.2, 0.25) is 0 Å². The van der Waals surface area contributed by atoms with E-state index in [1.54, 1.807) is 13.8 Å². The number of esters is 1. The summed E-state index contributed by atoms with van der Waals surface area (Å²) in [7, 11) is 1.42. The second-order valence-electron chi connectivity index (χ2n) is 5.13. The molecule has 0 saturated carbocycles. The molecule has 0 spiro atoms. The Hall–Kier alpha value is -2.70. The van der Waals surface area contributed by atoms with Crippen molar-refractivity contribution in [2.75, 3.05) is 25.5 Å². The molecule has 0 atom stereocenters. The molecule has 0 aliphatic rings. The van der Waals surface area contributed by atoms with Crippen molar-refractivity contribution in [3.8, 4) is 0 Å². The maximum Gasteiger partial charge on any atom is 0.331 e. The van der Waals surface area contributed by atoms with Crippen molar-refractivity contribution >= 4 is 23.5 Å². The number of carbonyl (C=O) groups excluding carboxylic acids is 3. The molecule has 124 valence electrons. The van der Waals surface area contributed by atoms with Gasteiger partial charge in [-0.3, -0.25) is 9.59 Å². The fourth-order valence-electron chi connectivity index (χ4n) is 1.56. The molecule has 0 unspecified atom stereocenters. The standard InChI is InChI=1S/C16H19FN2O4/c1-11(2)8-16(22)23-10-15(21)19(3)9-14(20)18-13-6-4-12(17)5-7-13/h4-8H,9-10H2,1-3H3,(H,18,20). The Morgan fingerprint density at radius 2 is 1.83 bits per heavy atom. The van der Waals surface area contributed by atoms with Crippen LogP contribution in [0.15, 0.2) is 35.9 Å². The Balaban J connectivity index is 2.42. The third kappa shape index (κ3) is 7.21. The van der Waals surface area contributed by atoms with Gasteiger partial charge in [0.05, 0.1) is 6.54 Å². The molecule has 0 aliphatic carbocycles. The molecule has 0 radical (unpaired) electrons. The van der Waals surface area contributed by atoms with Crippen molar-refractivity contribution in [2.45, 2.75) is 13.8 Å². The van der Waals surface area contributed by atoms with Crippen LogP contribution in [-0.4, -0.2) is 42.9 Å². The first-order chi connectivity index (χ1) is 10.8. The summed E-state index contributed by atoms with van der Waals surface area (Å²) in [5.41, 5.74) is 1.18. The summed E-state index contributed by atoms with van der Waals surface area (Å²) < 4.78 is 17.5. The van der Waals surface area contributed by atoms with Crippen LogP contribution < -0.4 is 5.32 Å². The predicted molar refractivity (Wildman–Crippen MR) is 83.1 cm³/mol. The van der Waals surface area contributed by atoms with E-state index in [-0.39, 0.29) is 6.54 Å². The molecule has 1 N–H and O–H groups in total. The number of carbonyl (C=O) groups is 3. The van der Waals surface area contributed by atoms with Gasteiger partial charge in [0.15, 0.2) is 6.61 Å². The molecule has 1 aromatic carbocycles. The zero-order valence-corrected chi connectivity index (χ0v) is 13.3. The minimum atomic E-state index is -0.609. The summed E-state index contributed by atoms with van der Waals surface area (Å²) in [4.78, 5) is 36.0. The van der Waals surface area contributed by atoms with Crippen LogP contribution >= 0.6 is 0 Å². The quantitative estimate of drug-likeness (QED) is 0.639. The molecule has 7 heteroatoms. The van der Waals surface area contributed by atoms with Gasteiger partial charge in [0.1, 0.15) is 5.82 Å². The van der Waals surface area contributed by atoms with E-state index >= 15 is 0 Å². The highest BCUT2D eigenvalue weighted by Gasteiger charge is 2.14. The highest BCUT2D eigenvalue weighted by Crippen LogP contribution is 2.08. The van der Waals surface area contributed by atoms with Gasteiger partial charge in [0.25, 0.3) is 5.91 Å². The number of halogens is 1. The van der Waals surface area contributed by atoms with E-state index in [4.69, 9.17) is 4.74 Å². The van der Waals surface area contributed by atoms with E-state index in [1.807, 2.05) is 0 Å². The number of benzene rings is 1. The van der Waals surface area contributed by atoms with E-state index in [2.05, 4.69) is 5.32 Å². The Morgan fingerprint density at radius 1 is 1.22 bits per heavy atom. The molecule has 6 nitrogen and oxygen atoms in total. The lowest BCUT2D eigenvalue weighted by molar-refractivity contribution is -0.148. The maximum absolute atomic E-state index is 12.8. The molecule has 0 aliphatic heterocycles. The Bertz CT molecular complexity index is 607. The van der Waals surface area contributed by atoms with E-state index in [1.165, 1.54) is 37.4 Å². The lowest BCUT2D eigenvalue weighted by Gasteiger charge is -2.16. The predicted octanol–water partition coefficient (Wildman–Crippen LogP) is 1.73. The lowest BCUT2D eigenvalue weighted by Crippen LogP contribution is -2.37. The van der Waals surface area contributed by atoms with Crippen LogP contribution in [0.5, 0.6) is 0 Å². The highest BCUT2D eigenvalue weighted by molar-refractivity contribution is 5.95. The molecule has 0 bridgehead atoms. The summed E-state index contributed by atoms with van der Waals surface area (Å²) in [6.07, 6.45) is 1.27. The SMILES string of the molecule is CC(C)=CC(=O)OCC(=O)N(C)CC(=O)Nc1ccc(F)cc1. The molecular weight excluding hydrogens is 303 g/mol. The second kappa shape index (κ2) is 8.67. The molecule has 0 heterocycles. The minimum absolute atomic E-state index is 0.212. The van der Waals surface area contributed by atoms with Gasteiger partial charge in [-0.15, -0.1) is 0 Å². The number of nitrogens with one attached hydrogen (secondary N) is 1. The monoisotopic (exact) mass is 322 g/mol. The number of likely N-dealkylation sites (N-methyl/N-ethyl adjacent to an activating group) is 1. The van der Waals surface area contributed by atoms with Gasteiger partial charge in [0, 0.05) is 18.8 Å². The Kier molecular flexibility index (Phi) is 6.92. The first kappa shape index (κ1) is 18.3.